The minimum atomic E-state index is -0.522. The molecule has 6 nitrogen and oxygen atoms in total. The first kappa shape index (κ1) is 16.9. The van der Waals surface area contributed by atoms with E-state index in [-0.39, 0.29) is 42.8 Å². The number of aliphatic hydroxyl groups excluding tert-OH is 1. The standard InChI is InChI=1S/C18H26N2O4/c1-9-7-15(8-21)19(14(9)6)18(22)16-12(4)10(2)11(3)13(5)17(16)20(23)24/h9,14-15,21H,7-8H2,1-6H3/t9?,14?,15-/m0/s1/i3D. The Balaban J connectivity index is 2.70. The largest absolute Gasteiger partial charge is 0.394 e. The Kier molecular flexibility index (Phi) is 4.58. The lowest BCUT2D eigenvalue weighted by Gasteiger charge is -2.29. The van der Waals surface area contributed by atoms with Crippen LogP contribution in [-0.2, 0) is 0 Å². The second-order valence-corrected chi connectivity index (χ2v) is 6.84. The molecule has 0 radical (unpaired) electrons. The third kappa shape index (κ3) is 2.69. The average molecular weight is 335 g/mol. The normalized spacial score (nSPS) is 24.2. The van der Waals surface area contributed by atoms with Crippen LogP contribution in [0.3, 0.4) is 0 Å². The van der Waals surface area contributed by atoms with Crippen molar-refractivity contribution in [2.45, 2.75) is 60.0 Å². The van der Waals surface area contributed by atoms with Crippen molar-refractivity contribution in [1.29, 1.82) is 0 Å². The molecule has 1 heterocycles. The lowest BCUT2D eigenvalue weighted by molar-refractivity contribution is -0.385. The molecule has 1 aromatic carbocycles. The highest BCUT2D eigenvalue weighted by Gasteiger charge is 2.42. The van der Waals surface area contributed by atoms with Crippen molar-refractivity contribution in [3.63, 3.8) is 0 Å². The summed E-state index contributed by atoms with van der Waals surface area (Å²) in [5.41, 5.74) is 2.17. The Bertz CT molecular complexity index is 720. The zero-order chi connectivity index (χ0) is 19.0. The van der Waals surface area contributed by atoms with Crippen molar-refractivity contribution in [1.82, 2.24) is 4.90 Å². The predicted octanol–water partition coefficient (Wildman–Crippen LogP) is 3.06. The van der Waals surface area contributed by atoms with Gasteiger partial charge in [0.15, 0.2) is 0 Å². The number of likely N-dealkylation sites (tertiary alicyclic amines) is 1. The Morgan fingerprint density at radius 2 is 1.92 bits per heavy atom. The zero-order valence-corrected chi connectivity index (χ0v) is 14.9. The number of rotatable bonds is 3. The van der Waals surface area contributed by atoms with Gasteiger partial charge in [-0.1, -0.05) is 6.92 Å². The van der Waals surface area contributed by atoms with Gasteiger partial charge in [-0.2, -0.15) is 0 Å². The maximum atomic E-state index is 13.3. The summed E-state index contributed by atoms with van der Waals surface area (Å²) >= 11 is 0. The van der Waals surface area contributed by atoms with Gasteiger partial charge in [0, 0.05) is 13.0 Å². The molecular formula is C18H26N2O4. The molecule has 3 atom stereocenters. The molecule has 6 heteroatoms. The summed E-state index contributed by atoms with van der Waals surface area (Å²) in [6.07, 6.45) is 0.680. The summed E-state index contributed by atoms with van der Waals surface area (Å²) in [6.45, 7) is 8.81. The van der Waals surface area contributed by atoms with Crippen LogP contribution in [0.2, 0.25) is 0 Å². The molecule has 1 aliphatic rings. The molecule has 1 aliphatic heterocycles. The quantitative estimate of drug-likeness (QED) is 0.679. The zero-order valence-electron chi connectivity index (χ0n) is 15.9. The first-order chi connectivity index (χ1) is 11.7. The molecule has 24 heavy (non-hydrogen) atoms. The molecule has 2 rings (SSSR count). The van der Waals surface area contributed by atoms with Crippen molar-refractivity contribution < 1.29 is 16.2 Å². The van der Waals surface area contributed by atoms with Crippen LogP contribution in [0.4, 0.5) is 5.69 Å². The maximum Gasteiger partial charge on any atom is 0.285 e. The van der Waals surface area contributed by atoms with Crippen LogP contribution in [0.1, 0.15) is 54.3 Å². The minimum Gasteiger partial charge on any atom is -0.394 e. The summed E-state index contributed by atoms with van der Waals surface area (Å²) in [5, 5.41) is 21.4. The second-order valence-electron chi connectivity index (χ2n) is 6.84. The molecule has 132 valence electrons. The molecule has 0 saturated carbocycles. The Morgan fingerprint density at radius 3 is 2.42 bits per heavy atom. The van der Waals surface area contributed by atoms with Gasteiger partial charge < -0.3 is 10.0 Å². The highest BCUT2D eigenvalue weighted by Crippen LogP contribution is 2.37. The highest BCUT2D eigenvalue weighted by atomic mass is 16.6. The number of hydrogen-bond donors (Lipinski definition) is 1. The molecule has 1 amide bonds. The summed E-state index contributed by atoms with van der Waals surface area (Å²) < 4.78 is 7.67. The van der Waals surface area contributed by atoms with E-state index in [4.69, 9.17) is 1.37 Å². The second kappa shape index (κ2) is 6.51. The summed E-state index contributed by atoms with van der Waals surface area (Å²) in [5.74, 6) is -0.182. The van der Waals surface area contributed by atoms with Gasteiger partial charge in [0.05, 0.1) is 17.6 Å². The molecule has 0 aliphatic carbocycles. The van der Waals surface area contributed by atoms with Crippen molar-refractivity contribution in [2.24, 2.45) is 5.92 Å². The topological polar surface area (TPSA) is 83.7 Å². The van der Waals surface area contributed by atoms with E-state index in [0.29, 0.717) is 23.1 Å². The smallest absolute Gasteiger partial charge is 0.285 e. The van der Waals surface area contributed by atoms with Gasteiger partial charge >= 0.3 is 0 Å². The van der Waals surface area contributed by atoms with Gasteiger partial charge in [0.25, 0.3) is 11.6 Å². The monoisotopic (exact) mass is 335 g/mol. The average Bonchev–Trinajstić information content (AvgIpc) is 2.84. The van der Waals surface area contributed by atoms with E-state index in [0.717, 1.165) is 5.56 Å². The van der Waals surface area contributed by atoms with Gasteiger partial charge in [-0.15, -0.1) is 0 Å². The van der Waals surface area contributed by atoms with Gasteiger partial charge in [0.1, 0.15) is 5.56 Å². The molecule has 1 aromatic rings. The number of nitrogens with zero attached hydrogens (tertiary/aromatic N) is 2. The predicted molar refractivity (Wildman–Crippen MR) is 92.3 cm³/mol. The summed E-state index contributed by atoms with van der Waals surface area (Å²) in [7, 11) is 0. The molecule has 1 saturated heterocycles. The van der Waals surface area contributed by atoms with E-state index in [1.165, 1.54) is 0 Å². The molecule has 0 bridgehead atoms. The minimum absolute atomic E-state index is 0.0652. The van der Waals surface area contributed by atoms with Crippen molar-refractivity contribution in [2.75, 3.05) is 6.61 Å². The first-order valence-corrected chi connectivity index (χ1v) is 8.17. The molecule has 1 fully saturated rings. The van der Waals surface area contributed by atoms with Crippen LogP contribution in [0.15, 0.2) is 0 Å². The van der Waals surface area contributed by atoms with Gasteiger partial charge in [-0.05, 0) is 63.6 Å². The van der Waals surface area contributed by atoms with Gasteiger partial charge in [0.2, 0.25) is 0 Å². The van der Waals surface area contributed by atoms with Gasteiger partial charge in [-0.25, -0.2) is 0 Å². The molecule has 1 N–H and O–H groups in total. The van der Waals surface area contributed by atoms with Gasteiger partial charge in [-0.3, -0.25) is 14.9 Å². The number of benzene rings is 1. The highest BCUT2D eigenvalue weighted by molar-refractivity contribution is 6.01. The molecule has 0 aromatic heterocycles. The fraction of sp³-hybridized carbons (Fsp3) is 0.611. The number of aliphatic hydroxyl groups is 1. The van der Waals surface area contributed by atoms with E-state index in [9.17, 15) is 20.0 Å². The summed E-state index contributed by atoms with van der Waals surface area (Å²) in [6, 6.07) is -0.423. The van der Waals surface area contributed by atoms with Crippen molar-refractivity contribution in [3.05, 3.63) is 37.9 Å². The van der Waals surface area contributed by atoms with E-state index in [2.05, 4.69) is 0 Å². The van der Waals surface area contributed by atoms with Crippen LogP contribution in [0.25, 0.3) is 0 Å². The van der Waals surface area contributed by atoms with E-state index < -0.39 is 10.8 Å². The molecular weight excluding hydrogens is 308 g/mol. The fourth-order valence-electron chi connectivity index (χ4n) is 3.68. The number of hydrogen-bond acceptors (Lipinski definition) is 4. The lowest BCUT2D eigenvalue weighted by Crippen LogP contribution is -2.43. The molecule has 0 spiro atoms. The van der Waals surface area contributed by atoms with Crippen LogP contribution >= 0.6 is 0 Å². The van der Waals surface area contributed by atoms with E-state index in [1.807, 2.05) is 13.8 Å². The Morgan fingerprint density at radius 1 is 1.29 bits per heavy atom. The summed E-state index contributed by atoms with van der Waals surface area (Å²) in [4.78, 5) is 26.1. The fourth-order valence-corrected chi connectivity index (χ4v) is 3.68. The number of carbonyl (C=O) groups is 1. The third-order valence-corrected chi connectivity index (χ3v) is 5.58. The van der Waals surface area contributed by atoms with E-state index >= 15 is 0 Å². The SMILES string of the molecule is [2H]Cc1c(C)c(C)c(C(=O)N2C(C)C(C)C[C@H]2CO)c([N+](=O)[O-])c1C. The van der Waals surface area contributed by atoms with Crippen molar-refractivity contribution >= 4 is 11.6 Å². The van der Waals surface area contributed by atoms with Crippen molar-refractivity contribution in [3.8, 4) is 0 Å². The Labute approximate surface area is 144 Å². The van der Waals surface area contributed by atoms with Crippen LogP contribution in [0.5, 0.6) is 0 Å². The number of amides is 1. The van der Waals surface area contributed by atoms with Crippen LogP contribution < -0.4 is 0 Å². The number of nitro groups is 1. The number of carbonyl (C=O) groups excluding carboxylic acids is 1. The number of nitro benzene ring substituents is 1. The Hall–Kier alpha value is -1.95. The lowest BCUT2D eigenvalue weighted by atomic mass is 9.91. The van der Waals surface area contributed by atoms with E-state index in [1.54, 1.807) is 25.7 Å². The first-order valence-electron chi connectivity index (χ1n) is 8.87. The third-order valence-electron chi connectivity index (χ3n) is 5.58. The maximum absolute atomic E-state index is 13.3. The van der Waals surface area contributed by atoms with Crippen LogP contribution in [-0.4, -0.2) is 39.5 Å². The molecule has 2 unspecified atom stereocenters. The van der Waals surface area contributed by atoms with Crippen LogP contribution in [0, 0.1) is 43.7 Å².